The zero-order chi connectivity index (χ0) is 22.7. The molecule has 1 aromatic heterocycles. The van der Waals surface area contributed by atoms with E-state index in [2.05, 4.69) is 15.3 Å². The molecule has 9 heteroatoms. The largest absolute Gasteiger partial charge is 0.467 e. The number of H-pyrrole nitrogens is 1. The van der Waals surface area contributed by atoms with Crippen molar-refractivity contribution in [2.75, 3.05) is 13.7 Å². The molecule has 0 spiro atoms. The van der Waals surface area contributed by atoms with Gasteiger partial charge in [-0.05, 0) is 23.3 Å². The zero-order valence-corrected chi connectivity index (χ0v) is 18.9. The van der Waals surface area contributed by atoms with E-state index in [1.807, 2.05) is 30.3 Å². The molecule has 0 saturated heterocycles. The highest BCUT2D eigenvalue weighted by Crippen LogP contribution is 2.37. The maximum absolute atomic E-state index is 13.4. The highest BCUT2D eigenvalue weighted by Gasteiger charge is 2.36. The SMILES string of the molecule is COC(=O)[C@H](Cc1ccccc1)NC(=O)N1CCc2[nH]cnc2[C@@H]1c1ccc(Cl)cc1Cl. The van der Waals surface area contributed by atoms with E-state index in [0.29, 0.717) is 40.7 Å². The molecule has 3 aromatic rings. The quantitative estimate of drug-likeness (QED) is 0.545. The van der Waals surface area contributed by atoms with Crippen molar-refractivity contribution >= 4 is 35.2 Å². The predicted octanol–water partition coefficient (Wildman–Crippen LogP) is 4.16. The summed E-state index contributed by atoms with van der Waals surface area (Å²) in [5.74, 6) is -0.513. The second-order valence-electron chi connectivity index (χ2n) is 7.49. The van der Waals surface area contributed by atoms with Crippen molar-refractivity contribution in [3.8, 4) is 0 Å². The van der Waals surface area contributed by atoms with Crippen molar-refractivity contribution in [1.82, 2.24) is 20.2 Å². The monoisotopic (exact) mass is 472 g/mol. The van der Waals surface area contributed by atoms with Crippen LogP contribution in [0.5, 0.6) is 0 Å². The Balaban J connectivity index is 1.63. The second kappa shape index (κ2) is 9.63. The van der Waals surface area contributed by atoms with Crippen LogP contribution in [0.15, 0.2) is 54.9 Å². The van der Waals surface area contributed by atoms with Crippen molar-refractivity contribution < 1.29 is 14.3 Å². The Morgan fingerprint density at radius 1 is 1.25 bits per heavy atom. The van der Waals surface area contributed by atoms with Crippen molar-refractivity contribution in [2.24, 2.45) is 0 Å². The molecule has 0 saturated carbocycles. The van der Waals surface area contributed by atoms with Gasteiger partial charge >= 0.3 is 12.0 Å². The van der Waals surface area contributed by atoms with Crippen LogP contribution >= 0.6 is 23.2 Å². The van der Waals surface area contributed by atoms with E-state index in [9.17, 15) is 9.59 Å². The summed E-state index contributed by atoms with van der Waals surface area (Å²) in [7, 11) is 1.31. The third kappa shape index (κ3) is 4.59. The molecule has 0 unspecified atom stereocenters. The summed E-state index contributed by atoms with van der Waals surface area (Å²) >= 11 is 12.6. The number of fused-ring (bicyclic) bond motifs is 1. The minimum Gasteiger partial charge on any atom is -0.467 e. The Morgan fingerprint density at radius 3 is 2.75 bits per heavy atom. The molecule has 2 atom stereocenters. The fourth-order valence-electron chi connectivity index (χ4n) is 3.95. The number of methoxy groups -OCH3 is 1. The minimum atomic E-state index is -0.836. The van der Waals surface area contributed by atoms with Gasteiger partial charge in [0.05, 0.1) is 19.1 Å². The lowest BCUT2D eigenvalue weighted by Gasteiger charge is -2.36. The Kier molecular flexibility index (Phi) is 6.67. The van der Waals surface area contributed by atoms with Gasteiger partial charge in [0.15, 0.2) is 0 Å². The number of hydrogen-bond acceptors (Lipinski definition) is 4. The fourth-order valence-corrected chi connectivity index (χ4v) is 4.46. The molecule has 1 aliphatic rings. The summed E-state index contributed by atoms with van der Waals surface area (Å²) in [5.41, 5.74) is 3.28. The molecule has 4 rings (SSSR count). The van der Waals surface area contributed by atoms with E-state index < -0.39 is 24.1 Å². The number of imidazole rings is 1. The van der Waals surface area contributed by atoms with Crippen molar-refractivity contribution in [2.45, 2.75) is 24.9 Å². The van der Waals surface area contributed by atoms with Crippen LogP contribution in [0.25, 0.3) is 0 Å². The van der Waals surface area contributed by atoms with Crippen molar-refractivity contribution in [3.63, 3.8) is 0 Å². The average molecular weight is 473 g/mol. The van der Waals surface area contributed by atoms with E-state index in [-0.39, 0.29) is 0 Å². The number of urea groups is 1. The smallest absolute Gasteiger partial charge is 0.328 e. The van der Waals surface area contributed by atoms with Gasteiger partial charge in [-0.15, -0.1) is 0 Å². The topological polar surface area (TPSA) is 87.3 Å². The van der Waals surface area contributed by atoms with E-state index >= 15 is 0 Å². The van der Waals surface area contributed by atoms with Crippen LogP contribution in [0, 0.1) is 0 Å². The molecule has 0 aliphatic carbocycles. The standard InChI is InChI=1S/C23H22Cl2N4O3/c1-32-22(30)19(11-14-5-3-2-4-6-14)28-23(31)29-10-9-18-20(27-13-26-18)21(29)16-8-7-15(24)12-17(16)25/h2-8,12-13,19,21H,9-11H2,1H3,(H,26,27)(H,28,31)/t19-,21-/m0/s1. The number of nitrogens with zero attached hydrogens (tertiary/aromatic N) is 2. The lowest BCUT2D eigenvalue weighted by atomic mass is 9.96. The van der Waals surface area contributed by atoms with Crippen LogP contribution in [0.3, 0.4) is 0 Å². The van der Waals surface area contributed by atoms with Gasteiger partial charge < -0.3 is 19.9 Å². The number of esters is 1. The Bertz CT molecular complexity index is 1120. The van der Waals surface area contributed by atoms with Gasteiger partial charge in [0.2, 0.25) is 0 Å². The lowest BCUT2D eigenvalue weighted by molar-refractivity contribution is -0.142. The molecular formula is C23H22Cl2N4O3. The number of benzene rings is 2. The molecule has 7 nitrogen and oxygen atoms in total. The molecule has 166 valence electrons. The summed E-state index contributed by atoms with van der Waals surface area (Å²) in [6.07, 6.45) is 2.52. The maximum atomic E-state index is 13.4. The van der Waals surface area contributed by atoms with E-state index in [1.165, 1.54) is 7.11 Å². The molecule has 2 aromatic carbocycles. The first-order valence-corrected chi connectivity index (χ1v) is 10.9. The summed E-state index contributed by atoms with van der Waals surface area (Å²) in [5, 5.41) is 3.78. The van der Waals surface area contributed by atoms with Gasteiger partial charge in [-0.1, -0.05) is 59.6 Å². The molecule has 1 aliphatic heterocycles. The molecule has 32 heavy (non-hydrogen) atoms. The van der Waals surface area contributed by atoms with Crippen LogP contribution in [0.4, 0.5) is 4.79 Å². The molecular weight excluding hydrogens is 451 g/mol. The van der Waals surface area contributed by atoms with Gasteiger partial charge in [0.25, 0.3) is 0 Å². The number of amides is 2. The molecule has 0 radical (unpaired) electrons. The summed E-state index contributed by atoms with van der Waals surface area (Å²) in [4.78, 5) is 35.1. The first kappa shape index (κ1) is 22.2. The highest BCUT2D eigenvalue weighted by atomic mass is 35.5. The Hall–Kier alpha value is -3.03. The molecule has 2 heterocycles. The predicted molar refractivity (Wildman–Crippen MR) is 122 cm³/mol. The molecule has 0 bridgehead atoms. The van der Waals surface area contributed by atoms with Gasteiger partial charge in [-0.25, -0.2) is 14.6 Å². The van der Waals surface area contributed by atoms with E-state index in [1.54, 1.807) is 29.4 Å². The van der Waals surface area contributed by atoms with Gasteiger partial charge in [-0.2, -0.15) is 0 Å². The van der Waals surface area contributed by atoms with Gasteiger partial charge in [0, 0.05) is 35.1 Å². The third-order valence-corrected chi connectivity index (χ3v) is 6.07. The average Bonchev–Trinajstić information content (AvgIpc) is 3.27. The van der Waals surface area contributed by atoms with Crippen LogP contribution in [0.2, 0.25) is 10.0 Å². The summed E-state index contributed by atoms with van der Waals surface area (Å²) < 4.78 is 4.94. The van der Waals surface area contributed by atoms with Gasteiger partial charge in [-0.3, -0.25) is 0 Å². The molecule has 2 amide bonds. The highest BCUT2D eigenvalue weighted by molar-refractivity contribution is 6.35. The number of hydrogen-bond donors (Lipinski definition) is 2. The number of aromatic nitrogens is 2. The minimum absolute atomic E-state index is 0.313. The van der Waals surface area contributed by atoms with Crippen LogP contribution in [-0.4, -0.2) is 46.6 Å². The molecule has 2 N–H and O–H groups in total. The number of ether oxygens (including phenoxy) is 1. The summed E-state index contributed by atoms with van der Waals surface area (Å²) in [6.45, 7) is 0.421. The third-order valence-electron chi connectivity index (χ3n) is 5.51. The first-order valence-electron chi connectivity index (χ1n) is 10.1. The Morgan fingerprint density at radius 2 is 2.03 bits per heavy atom. The maximum Gasteiger partial charge on any atom is 0.328 e. The number of rotatable bonds is 5. The van der Waals surface area contributed by atoms with E-state index in [4.69, 9.17) is 27.9 Å². The van der Waals surface area contributed by atoms with Crippen molar-refractivity contribution in [3.05, 3.63) is 87.4 Å². The van der Waals surface area contributed by atoms with Crippen LogP contribution in [-0.2, 0) is 22.4 Å². The van der Waals surface area contributed by atoms with Gasteiger partial charge in [0.1, 0.15) is 12.1 Å². The second-order valence-corrected chi connectivity index (χ2v) is 8.34. The first-order chi connectivity index (χ1) is 15.5. The van der Waals surface area contributed by atoms with Crippen LogP contribution < -0.4 is 5.32 Å². The Labute approximate surface area is 195 Å². The van der Waals surface area contributed by atoms with E-state index in [0.717, 1.165) is 11.3 Å². The number of carbonyl (C=O) groups is 2. The normalized spacial score (nSPS) is 16.2. The van der Waals surface area contributed by atoms with Crippen LogP contribution in [0.1, 0.15) is 28.6 Å². The number of carbonyl (C=O) groups excluding carboxylic acids is 2. The lowest BCUT2D eigenvalue weighted by Crippen LogP contribution is -2.52. The molecule has 0 fully saturated rings. The summed E-state index contributed by atoms with van der Waals surface area (Å²) in [6, 6.07) is 12.9. The van der Waals surface area contributed by atoms with Crippen molar-refractivity contribution in [1.29, 1.82) is 0 Å². The number of halogens is 2. The zero-order valence-electron chi connectivity index (χ0n) is 17.3. The number of nitrogens with one attached hydrogen (secondary N) is 2. The number of aromatic amines is 1. The fraction of sp³-hybridized carbons (Fsp3) is 0.261.